The van der Waals surface area contributed by atoms with Crippen LogP contribution in [-0.4, -0.2) is 4.98 Å². The number of nitrogens with zero attached hydrogens (tertiary/aromatic N) is 1. The van der Waals surface area contributed by atoms with Crippen molar-refractivity contribution in [3.63, 3.8) is 0 Å². The second-order valence-corrected chi connectivity index (χ2v) is 5.01. The highest BCUT2D eigenvalue weighted by Gasteiger charge is 2.08. The number of hydrogen-bond acceptors (Lipinski definition) is 1. The predicted octanol–water partition coefficient (Wildman–Crippen LogP) is 4.88. The van der Waals surface area contributed by atoms with Gasteiger partial charge in [-0.3, -0.25) is 4.98 Å². The third-order valence-electron chi connectivity index (χ3n) is 2.80. The molecule has 0 saturated carbocycles. The van der Waals surface area contributed by atoms with Gasteiger partial charge in [-0.15, -0.1) is 0 Å². The molecule has 0 unspecified atom stereocenters. The van der Waals surface area contributed by atoms with E-state index in [-0.39, 0.29) is 0 Å². The minimum absolute atomic E-state index is 0.572. The Morgan fingerprint density at radius 3 is 1.88 bits per heavy atom. The van der Waals surface area contributed by atoms with Crippen molar-refractivity contribution in [2.24, 2.45) is 0 Å². The Morgan fingerprint density at radius 2 is 1.47 bits per heavy atom. The van der Waals surface area contributed by atoms with Gasteiger partial charge in [0.15, 0.2) is 0 Å². The van der Waals surface area contributed by atoms with Crippen LogP contribution in [0.1, 0.15) is 52.0 Å². The van der Waals surface area contributed by atoms with Gasteiger partial charge < -0.3 is 0 Å². The van der Waals surface area contributed by atoms with Gasteiger partial charge in [-0.1, -0.05) is 23.3 Å². The molecule has 0 fully saturated rings. The zero-order valence-electron chi connectivity index (χ0n) is 11.4. The van der Waals surface area contributed by atoms with Gasteiger partial charge in [-0.2, -0.15) is 0 Å². The zero-order valence-corrected chi connectivity index (χ0v) is 11.4. The Morgan fingerprint density at radius 1 is 1.00 bits per heavy atom. The smallest absolute Gasteiger partial charge is 0.0270 e. The molecular weight excluding hydrogens is 206 g/mol. The lowest BCUT2D eigenvalue weighted by Gasteiger charge is -2.14. The molecule has 0 spiro atoms. The first-order valence-corrected chi connectivity index (χ1v) is 6.26. The molecule has 1 aromatic rings. The first-order chi connectivity index (χ1) is 8.09. The summed E-state index contributed by atoms with van der Waals surface area (Å²) in [5.74, 6) is 0.572. The Balaban J connectivity index is 2.79. The van der Waals surface area contributed by atoms with Crippen LogP contribution in [0.15, 0.2) is 47.8 Å². The summed E-state index contributed by atoms with van der Waals surface area (Å²) in [5.41, 5.74) is 4.16. The first kappa shape index (κ1) is 13.7. The third kappa shape index (κ3) is 5.48. The van der Waals surface area contributed by atoms with E-state index in [0.717, 1.165) is 12.8 Å². The maximum absolute atomic E-state index is 4.09. The fraction of sp³-hybridized carbons (Fsp3) is 0.438. The number of allylic oxidation sites excluding steroid dienone is 4. The van der Waals surface area contributed by atoms with Crippen LogP contribution in [0.25, 0.3) is 0 Å². The average Bonchev–Trinajstić information content (AvgIpc) is 2.29. The van der Waals surface area contributed by atoms with E-state index < -0.39 is 0 Å². The molecule has 0 radical (unpaired) electrons. The molecule has 0 aliphatic carbocycles. The van der Waals surface area contributed by atoms with Crippen LogP contribution in [0, 0.1) is 0 Å². The molecule has 0 aromatic carbocycles. The summed E-state index contributed by atoms with van der Waals surface area (Å²) >= 11 is 0. The topological polar surface area (TPSA) is 12.9 Å². The monoisotopic (exact) mass is 229 g/mol. The fourth-order valence-corrected chi connectivity index (χ4v) is 1.76. The van der Waals surface area contributed by atoms with Gasteiger partial charge in [0.05, 0.1) is 0 Å². The third-order valence-corrected chi connectivity index (χ3v) is 2.80. The number of rotatable bonds is 5. The van der Waals surface area contributed by atoms with Gasteiger partial charge in [0.2, 0.25) is 0 Å². The average molecular weight is 229 g/mol. The van der Waals surface area contributed by atoms with Gasteiger partial charge >= 0.3 is 0 Å². The lowest BCUT2D eigenvalue weighted by Crippen LogP contribution is -1.97. The summed E-state index contributed by atoms with van der Waals surface area (Å²) in [6, 6.07) is 4.25. The van der Waals surface area contributed by atoms with Gasteiger partial charge in [-0.25, -0.2) is 0 Å². The summed E-state index contributed by atoms with van der Waals surface area (Å²) in [4.78, 5) is 4.09. The molecule has 0 saturated heterocycles. The van der Waals surface area contributed by atoms with Crippen LogP contribution >= 0.6 is 0 Å². The van der Waals surface area contributed by atoms with Crippen molar-refractivity contribution in [1.82, 2.24) is 4.98 Å². The second-order valence-electron chi connectivity index (χ2n) is 5.01. The molecule has 17 heavy (non-hydrogen) atoms. The Kier molecular flexibility index (Phi) is 5.68. The van der Waals surface area contributed by atoms with Crippen LogP contribution in [0.2, 0.25) is 0 Å². The number of pyridine rings is 1. The molecule has 1 nitrogen and oxygen atoms in total. The molecule has 1 aromatic heterocycles. The molecular formula is C16H23N. The highest BCUT2D eigenvalue weighted by atomic mass is 14.6. The van der Waals surface area contributed by atoms with E-state index in [2.05, 4.69) is 57.0 Å². The molecule has 0 bridgehead atoms. The quantitative estimate of drug-likeness (QED) is 0.656. The van der Waals surface area contributed by atoms with Gasteiger partial charge in [0.1, 0.15) is 0 Å². The molecule has 1 heterocycles. The van der Waals surface area contributed by atoms with E-state index in [1.165, 1.54) is 16.7 Å². The van der Waals surface area contributed by atoms with E-state index in [0.29, 0.717) is 5.92 Å². The molecule has 0 N–H and O–H groups in total. The Bertz CT molecular complexity index is 359. The maximum atomic E-state index is 4.09. The summed E-state index contributed by atoms with van der Waals surface area (Å²) in [5, 5.41) is 0. The van der Waals surface area contributed by atoms with Crippen molar-refractivity contribution < 1.29 is 0 Å². The van der Waals surface area contributed by atoms with Gasteiger partial charge in [0, 0.05) is 12.4 Å². The lowest BCUT2D eigenvalue weighted by molar-refractivity contribution is 0.705. The predicted molar refractivity (Wildman–Crippen MR) is 75.1 cm³/mol. The van der Waals surface area contributed by atoms with E-state index in [1.807, 2.05) is 12.4 Å². The van der Waals surface area contributed by atoms with Crippen molar-refractivity contribution in [3.8, 4) is 0 Å². The van der Waals surface area contributed by atoms with Crippen molar-refractivity contribution in [1.29, 1.82) is 0 Å². The van der Waals surface area contributed by atoms with Crippen LogP contribution in [0.4, 0.5) is 0 Å². The second kappa shape index (κ2) is 7.05. The summed E-state index contributed by atoms with van der Waals surface area (Å²) in [7, 11) is 0. The van der Waals surface area contributed by atoms with E-state index >= 15 is 0 Å². The minimum atomic E-state index is 0.572. The molecule has 1 rings (SSSR count). The molecule has 92 valence electrons. The van der Waals surface area contributed by atoms with Crippen LogP contribution in [0.3, 0.4) is 0 Å². The molecule has 0 aliphatic heterocycles. The SMILES string of the molecule is CC(C)=CCC(CC=C(C)C)c1ccncc1. The summed E-state index contributed by atoms with van der Waals surface area (Å²) in [6.45, 7) is 8.63. The van der Waals surface area contributed by atoms with E-state index in [4.69, 9.17) is 0 Å². The summed E-state index contributed by atoms with van der Waals surface area (Å²) < 4.78 is 0. The highest BCUT2D eigenvalue weighted by Crippen LogP contribution is 2.25. The van der Waals surface area contributed by atoms with Crippen LogP contribution < -0.4 is 0 Å². The number of hydrogen-bond donors (Lipinski definition) is 0. The maximum Gasteiger partial charge on any atom is 0.0270 e. The molecule has 0 atom stereocenters. The largest absolute Gasteiger partial charge is 0.265 e. The Hall–Kier alpha value is -1.37. The van der Waals surface area contributed by atoms with Crippen molar-refractivity contribution in [2.45, 2.75) is 46.5 Å². The van der Waals surface area contributed by atoms with Crippen molar-refractivity contribution in [3.05, 3.63) is 53.4 Å². The van der Waals surface area contributed by atoms with Crippen molar-refractivity contribution in [2.75, 3.05) is 0 Å². The molecule has 0 amide bonds. The first-order valence-electron chi connectivity index (χ1n) is 6.26. The molecule has 1 heteroatoms. The van der Waals surface area contributed by atoms with E-state index in [9.17, 15) is 0 Å². The highest BCUT2D eigenvalue weighted by molar-refractivity contribution is 5.19. The van der Waals surface area contributed by atoms with E-state index in [1.54, 1.807) is 0 Å². The summed E-state index contributed by atoms with van der Waals surface area (Å²) in [6.07, 6.45) is 10.6. The zero-order chi connectivity index (χ0) is 12.7. The number of aromatic nitrogens is 1. The molecule has 0 aliphatic rings. The van der Waals surface area contributed by atoms with Gasteiger partial charge in [-0.05, 0) is 64.2 Å². The van der Waals surface area contributed by atoms with Crippen LogP contribution in [0.5, 0.6) is 0 Å². The lowest BCUT2D eigenvalue weighted by atomic mass is 9.92. The van der Waals surface area contributed by atoms with Gasteiger partial charge in [0.25, 0.3) is 0 Å². The van der Waals surface area contributed by atoms with Crippen LogP contribution in [-0.2, 0) is 0 Å². The fourth-order valence-electron chi connectivity index (χ4n) is 1.76. The minimum Gasteiger partial charge on any atom is -0.265 e. The normalized spacial score (nSPS) is 10.2. The Labute approximate surface area is 105 Å². The standard InChI is InChI=1S/C16H23N/c1-13(2)5-7-15(8-6-14(3)4)16-9-11-17-12-10-16/h5-6,9-12,15H,7-8H2,1-4H3. The van der Waals surface area contributed by atoms with Crippen molar-refractivity contribution >= 4 is 0 Å².